The molecule has 1 N–H and O–H groups in total. The smallest absolute Gasteiger partial charge is 0.266 e. The number of hydrogen-bond donors (Lipinski definition) is 1. The van der Waals surface area contributed by atoms with Gasteiger partial charge in [0.05, 0.1) is 37.1 Å². The number of nitrogens with one attached hydrogen (secondary N) is 1. The topological polar surface area (TPSA) is 73.0 Å². The second-order valence-electron chi connectivity index (χ2n) is 7.20. The molecule has 2 fully saturated rings. The van der Waals surface area contributed by atoms with Gasteiger partial charge < -0.3 is 19.5 Å². The molecule has 4 rings (SSSR count). The minimum atomic E-state index is -1.16. The molecule has 0 aliphatic carbocycles. The second-order valence-corrected chi connectivity index (χ2v) is 7.20. The fourth-order valence-corrected chi connectivity index (χ4v) is 3.62. The van der Waals surface area contributed by atoms with Gasteiger partial charge in [0.15, 0.2) is 23.5 Å². The summed E-state index contributed by atoms with van der Waals surface area (Å²) in [5, 5.41) is 2.50. The molecule has 2 aliphatic heterocycles. The van der Waals surface area contributed by atoms with Crippen molar-refractivity contribution in [3.05, 3.63) is 65.4 Å². The number of anilines is 1. The molecule has 1 aromatic carbocycles. The number of epoxide rings is 1. The highest BCUT2D eigenvalue weighted by molar-refractivity contribution is 5.95. The summed E-state index contributed by atoms with van der Waals surface area (Å²) < 4.78 is 57.9. The minimum Gasteiger partial charge on any atom is -0.493 e. The summed E-state index contributed by atoms with van der Waals surface area (Å²) in [6.07, 6.45) is -0.373. The Morgan fingerprint density at radius 3 is 2.70 bits per heavy atom. The van der Waals surface area contributed by atoms with Crippen LogP contribution in [0.2, 0.25) is 0 Å². The maximum Gasteiger partial charge on any atom is 0.266 e. The highest BCUT2D eigenvalue weighted by Gasteiger charge is 2.45. The Hall–Kier alpha value is -3.07. The molecule has 0 spiro atoms. The molecular weight excluding hydrogens is 401 g/mol. The first-order chi connectivity index (χ1) is 14.3. The summed E-state index contributed by atoms with van der Waals surface area (Å²) in [6, 6.07) is 3.70. The normalized spacial score (nSPS) is 25.0. The average molecular weight is 420 g/mol. The maximum absolute atomic E-state index is 14.3. The fraction of sp³-hybridized carbons (Fsp3) is 0.333. The quantitative estimate of drug-likeness (QED) is 0.744. The summed E-state index contributed by atoms with van der Waals surface area (Å²) in [7, 11) is 1.21. The number of hydrogen-bond acceptors (Lipinski definition) is 5. The van der Waals surface area contributed by atoms with E-state index in [1.807, 2.05) is 0 Å². The Kier molecular flexibility index (Phi) is 5.15. The monoisotopic (exact) mass is 420 g/mol. The molecular formula is C21H19F3N2O4. The Labute approximate surface area is 170 Å². The standard InChI is InChI=1S/C21H19F3N2O4/c1-9-10(2)30-20(17(9)11-4-5-12(22)18(24)19(11)28-3)21(27)26-14-6-15(16-8-29-16)25-7-13(14)23/h4-7,9,16-17,20H,2,8H2,1,3H3,(H,25,26,27)/t9-,16?,17+,20-/m1/s1. The number of carbonyl (C=O) groups excluding carboxylic acids is 1. The highest BCUT2D eigenvalue weighted by Crippen LogP contribution is 2.46. The first kappa shape index (κ1) is 20.2. The van der Waals surface area contributed by atoms with Gasteiger partial charge in [-0.3, -0.25) is 9.78 Å². The van der Waals surface area contributed by atoms with Gasteiger partial charge in [-0.1, -0.05) is 19.6 Å². The van der Waals surface area contributed by atoms with Crippen molar-refractivity contribution in [3.63, 3.8) is 0 Å². The van der Waals surface area contributed by atoms with E-state index < -0.39 is 41.3 Å². The molecule has 0 saturated carbocycles. The van der Waals surface area contributed by atoms with Crippen molar-refractivity contribution in [3.8, 4) is 5.75 Å². The van der Waals surface area contributed by atoms with Crippen LogP contribution in [-0.2, 0) is 14.3 Å². The minimum absolute atomic E-state index is 0.0785. The third-order valence-electron chi connectivity index (χ3n) is 5.35. The van der Waals surface area contributed by atoms with Gasteiger partial charge in [0.25, 0.3) is 5.91 Å². The average Bonchev–Trinajstić information content (AvgIpc) is 3.52. The van der Waals surface area contributed by atoms with E-state index >= 15 is 0 Å². The highest BCUT2D eigenvalue weighted by atomic mass is 19.2. The first-order valence-electron chi connectivity index (χ1n) is 9.27. The van der Waals surface area contributed by atoms with Gasteiger partial charge in [-0.25, -0.2) is 8.78 Å². The van der Waals surface area contributed by atoms with Crippen molar-refractivity contribution in [2.24, 2.45) is 5.92 Å². The number of nitrogens with zero attached hydrogens (tertiary/aromatic N) is 1. The molecule has 2 aliphatic rings. The third-order valence-corrected chi connectivity index (χ3v) is 5.35. The van der Waals surface area contributed by atoms with E-state index in [1.165, 1.54) is 19.2 Å². The zero-order valence-corrected chi connectivity index (χ0v) is 16.2. The van der Waals surface area contributed by atoms with E-state index in [9.17, 15) is 18.0 Å². The van der Waals surface area contributed by atoms with E-state index in [4.69, 9.17) is 14.2 Å². The number of methoxy groups -OCH3 is 1. The second kappa shape index (κ2) is 7.64. The van der Waals surface area contributed by atoms with Crippen molar-refractivity contribution in [2.75, 3.05) is 19.0 Å². The van der Waals surface area contributed by atoms with Crippen molar-refractivity contribution >= 4 is 11.6 Å². The zero-order chi connectivity index (χ0) is 21.6. The third kappa shape index (κ3) is 3.49. The number of rotatable bonds is 5. The lowest BCUT2D eigenvalue weighted by Gasteiger charge is -2.22. The Bertz CT molecular complexity index is 1030. The van der Waals surface area contributed by atoms with Crippen LogP contribution >= 0.6 is 0 Å². The van der Waals surface area contributed by atoms with E-state index in [2.05, 4.69) is 16.9 Å². The molecule has 1 amide bonds. The SMILES string of the molecule is C=C1O[C@@H](C(=O)Nc2cc(C3CO3)ncc2F)[C@H](c2ccc(F)c(F)c2OC)[C@@H]1C. The van der Waals surface area contributed by atoms with E-state index in [1.54, 1.807) is 6.92 Å². The summed E-state index contributed by atoms with van der Waals surface area (Å²) in [4.78, 5) is 16.9. The number of carbonyl (C=O) groups is 1. The number of amides is 1. The summed E-state index contributed by atoms with van der Waals surface area (Å²) in [5.74, 6) is -4.76. The number of halogens is 3. The van der Waals surface area contributed by atoms with E-state index in [0.29, 0.717) is 18.1 Å². The van der Waals surface area contributed by atoms with Crippen molar-refractivity contribution in [2.45, 2.75) is 25.0 Å². The molecule has 1 aromatic heterocycles. The van der Waals surface area contributed by atoms with Gasteiger partial charge in [0.2, 0.25) is 5.82 Å². The van der Waals surface area contributed by atoms with Crippen LogP contribution in [0.1, 0.15) is 30.2 Å². The molecule has 2 aromatic rings. The van der Waals surface area contributed by atoms with Crippen molar-refractivity contribution in [1.29, 1.82) is 0 Å². The largest absolute Gasteiger partial charge is 0.493 e. The fourth-order valence-electron chi connectivity index (χ4n) is 3.62. The lowest BCUT2D eigenvalue weighted by atomic mass is 9.83. The van der Waals surface area contributed by atoms with Crippen LogP contribution < -0.4 is 10.1 Å². The molecule has 6 nitrogen and oxygen atoms in total. The number of aromatic nitrogens is 1. The molecule has 1 unspecified atom stereocenters. The van der Waals surface area contributed by atoms with Crippen molar-refractivity contribution in [1.82, 2.24) is 4.98 Å². The predicted molar refractivity (Wildman–Crippen MR) is 100 cm³/mol. The number of allylic oxidation sites excluding steroid dienone is 1. The summed E-state index contributed by atoms with van der Waals surface area (Å²) in [5.41, 5.74) is 0.672. The molecule has 9 heteroatoms. The van der Waals surface area contributed by atoms with Crippen LogP contribution in [0, 0.1) is 23.4 Å². The molecule has 3 heterocycles. The van der Waals surface area contributed by atoms with Crippen LogP contribution in [0.15, 0.2) is 36.7 Å². The lowest BCUT2D eigenvalue weighted by Crippen LogP contribution is -2.33. The zero-order valence-electron chi connectivity index (χ0n) is 16.2. The van der Waals surface area contributed by atoms with Crippen LogP contribution in [0.5, 0.6) is 5.75 Å². The predicted octanol–water partition coefficient (Wildman–Crippen LogP) is 3.85. The summed E-state index contributed by atoms with van der Waals surface area (Å²) >= 11 is 0. The molecule has 30 heavy (non-hydrogen) atoms. The molecule has 4 atom stereocenters. The van der Waals surface area contributed by atoms with Crippen LogP contribution in [0.25, 0.3) is 0 Å². The molecule has 0 radical (unpaired) electrons. The Morgan fingerprint density at radius 1 is 1.30 bits per heavy atom. The maximum atomic E-state index is 14.3. The van der Waals surface area contributed by atoms with Gasteiger partial charge in [-0.2, -0.15) is 4.39 Å². The van der Waals surface area contributed by atoms with Crippen LogP contribution in [0.4, 0.5) is 18.9 Å². The number of ether oxygens (including phenoxy) is 3. The van der Waals surface area contributed by atoms with E-state index in [-0.39, 0.29) is 23.1 Å². The Balaban J connectivity index is 1.66. The van der Waals surface area contributed by atoms with Crippen LogP contribution in [0.3, 0.4) is 0 Å². The van der Waals surface area contributed by atoms with Crippen molar-refractivity contribution < 1.29 is 32.2 Å². The van der Waals surface area contributed by atoms with Crippen LogP contribution in [-0.4, -0.2) is 30.7 Å². The van der Waals surface area contributed by atoms with Gasteiger partial charge >= 0.3 is 0 Å². The van der Waals surface area contributed by atoms with Gasteiger partial charge in [-0.15, -0.1) is 0 Å². The Morgan fingerprint density at radius 2 is 2.03 bits per heavy atom. The number of benzene rings is 1. The molecule has 158 valence electrons. The lowest BCUT2D eigenvalue weighted by molar-refractivity contribution is -0.124. The summed E-state index contributed by atoms with van der Waals surface area (Å²) in [6.45, 7) is 6.02. The van der Waals surface area contributed by atoms with E-state index in [0.717, 1.165) is 12.3 Å². The first-order valence-corrected chi connectivity index (χ1v) is 9.27. The van der Waals surface area contributed by atoms with Gasteiger partial charge in [-0.05, 0) is 12.1 Å². The molecule has 0 bridgehead atoms. The number of pyridine rings is 1. The molecule has 2 saturated heterocycles. The van der Waals surface area contributed by atoms with Gasteiger partial charge in [0, 0.05) is 17.4 Å². The van der Waals surface area contributed by atoms with Gasteiger partial charge in [0.1, 0.15) is 6.10 Å².